The van der Waals surface area contributed by atoms with E-state index in [-0.39, 0.29) is 18.4 Å². The molecule has 0 unspecified atom stereocenters. The van der Waals surface area contributed by atoms with Crippen LogP contribution in [0.15, 0.2) is 59.1 Å². The molecule has 2 aromatic rings. The van der Waals surface area contributed by atoms with Gasteiger partial charge in [0.15, 0.2) is 0 Å². The monoisotopic (exact) mass is 386 g/mol. The van der Waals surface area contributed by atoms with Crippen LogP contribution in [-0.2, 0) is 9.59 Å². The van der Waals surface area contributed by atoms with Crippen LogP contribution in [0.4, 0.5) is 5.69 Å². The first kappa shape index (κ1) is 17.9. The number of likely N-dealkylation sites (N-methyl/N-ethyl adjacent to an activating group) is 1. The molecule has 1 N–H and O–H groups in total. The molecule has 5 heteroatoms. The largest absolute Gasteiger partial charge is 0.333 e. The van der Waals surface area contributed by atoms with E-state index in [9.17, 15) is 9.59 Å². The smallest absolute Gasteiger partial charge is 0.246 e. The summed E-state index contributed by atoms with van der Waals surface area (Å²) in [6.07, 6.45) is 3.18. The number of hydrogen-bond donors (Lipinski definition) is 1. The molecule has 0 fully saturated rings. The number of nitrogens with zero attached hydrogens (tertiary/aromatic N) is 1. The van der Waals surface area contributed by atoms with Crippen molar-refractivity contribution in [2.75, 3.05) is 18.9 Å². The maximum atomic E-state index is 12.1. The number of nitrogens with one attached hydrogen (secondary N) is 1. The lowest BCUT2D eigenvalue weighted by Crippen LogP contribution is -2.33. The minimum absolute atomic E-state index is 0.00694. The first-order chi connectivity index (χ1) is 11.5. The summed E-state index contributed by atoms with van der Waals surface area (Å²) in [5.74, 6) is -0.464. The summed E-state index contributed by atoms with van der Waals surface area (Å²) in [7, 11) is 1.60. The molecule has 0 atom stereocenters. The highest BCUT2D eigenvalue weighted by Crippen LogP contribution is 2.17. The second-order valence-corrected chi connectivity index (χ2v) is 6.32. The molecule has 2 rings (SSSR count). The fraction of sp³-hybridized carbons (Fsp3) is 0.158. The predicted molar refractivity (Wildman–Crippen MR) is 101 cm³/mol. The number of hydrogen-bond acceptors (Lipinski definition) is 2. The van der Waals surface area contributed by atoms with Crippen molar-refractivity contribution in [3.63, 3.8) is 0 Å². The second-order valence-electron chi connectivity index (χ2n) is 5.46. The Morgan fingerprint density at radius 1 is 1.12 bits per heavy atom. The zero-order valence-electron chi connectivity index (χ0n) is 13.6. The fourth-order valence-electron chi connectivity index (χ4n) is 2.03. The minimum atomic E-state index is -0.232. The number of halogens is 1. The summed E-state index contributed by atoms with van der Waals surface area (Å²) in [5.41, 5.74) is 2.75. The van der Waals surface area contributed by atoms with Gasteiger partial charge in [0.1, 0.15) is 0 Å². The summed E-state index contributed by atoms with van der Waals surface area (Å²) < 4.78 is 0.911. The van der Waals surface area contributed by atoms with E-state index in [1.165, 1.54) is 11.0 Å². The van der Waals surface area contributed by atoms with Crippen LogP contribution in [-0.4, -0.2) is 30.3 Å². The summed E-state index contributed by atoms with van der Waals surface area (Å²) in [5, 5.41) is 2.77. The highest BCUT2D eigenvalue weighted by molar-refractivity contribution is 9.10. The maximum absolute atomic E-state index is 12.1. The van der Waals surface area contributed by atoms with E-state index in [0.717, 1.165) is 21.3 Å². The van der Waals surface area contributed by atoms with Gasteiger partial charge in [-0.25, -0.2) is 0 Å². The van der Waals surface area contributed by atoms with E-state index >= 15 is 0 Å². The van der Waals surface area contributed by atoms with Crippen LogP contribution in [0.2, 0.25) is 0 Å². The van der Waals surface area contributed by atoms with Crippen molar-refractivity contribution in [1.29, 1.82) is 0 Å². The van der Waals surface area contributed by atoms with E-state index in [4.69, 9.17) is 0 Å². The lowest BCUT2D eigenvalue weighted by molar-refractivity contribution is -0.129. The number of carbonyl (C=O) groups excluding carboxylic acids is 2. The van der Waals surface area contributed by atoms with E-state index < -0.39 is 0 Å². The van der Waals surface area contributed by atoms with Crippen molar-refractivity contribution in [2.24, 2.45) is 0 Å². The third-order valence-corrected chi connectivity index (χ3v) is 4.13. The number of rotatable bonds is 5. The number of anilines is 1. The van der Waals surface area contributed by atoms with Gasteiger partial charge < -0.3 is 10.2 Å². The summed E-state index contributed by atoms with van der Waals surface area (Å²) in [4.78, 5) is 25.5. The van der Waals surface area contributed by atoms with Gasteiger partial charge in [-0.1, -0.05) is 51.8 Å². The zero-order chi connectivity index (χ0) is 17.5. The average molecular weight is 387 g/mol. The Morgan fingerprint density at radius 2 is 1.79 bits per heavy atom. The van der Waals surface area contributed by atoms with Gasteiger partial charge in [0.2, 0.25) is 11.8 Å². The quantitative estimate of drug-likeness (QED) is 0.792. The van der Waals surface area contributed by atoms with Gasteiger partial charge in [-0.3, -0.25) is 9.59 Å². The zero-order valence-corrected chi connectivity index (χ0v) is 15.2. The molecule has 0 saturated carbocycles. The molecule has 0 heterocycles. The Bertz CT molecular complexity index is 754. The van der Waals surface area contributed by atoms with Crippen molar-refractivity contribution in [3.8, 4) is 0 Å². The van der Waals surface area contributed by atoms with Crippen molar-refractivity contribution in [1.82, 2.24) is 4.90 Å². The molecule has 0 aliphatic rings. The molecule has 0 radical (unpaired) electrons. The number of carbonyl (C=O) groups is 2. The van der Waals surface area contributed by atoms with Crippen LogP contribution in [0, 0.1) is 6.92 Å². The van der Waals surface area contributed by atoms with Gasteiger partial charge in [-0.05, 0) is 36.8 Å². The van der Waals surface area contributed by atoms with E-state index in [0.29, 0.717) is 0 Å². The normalized spacial score (nSPS) is 10.6. The molecule has 4 nitrogen and oxygen atoms in total. The third-order valence-electron chi connectivity index (χ3n) is 3.40. The fourth-order valence-corrected chi connectivity index (χ4v) is 2.45. The standard InChI is InChI=1S/C19H19BrN2O2/c1-14-7-10-16(11-8-14)21-18(23)13-22(2)19(24)12-9-15-5-3-4-6-17(15)20/h3-12H,13H2,1-2H3,(H,21,23)/b12-9+. The third kappa shape index (κ3) is 5.35. The first-order valence-corrected chi connectivity index (χ1v) is 8.29. The van der Waals surface area contributed by atoms with E-state index in [1.807, 2.05) is 55.5 Å². The Morgan fingerprint density at radius 3 is 2.46 bits per heavy atom. The lowest BCUT2D eigenvalue weighted by Gasteiger charge is -2.15. The first-order valence-electron chi connectivity index (χ1n) is 7.50. The highest BCUT2D eigenvalue weighted by Gasteiger charge is 2.10. The van der Waals surface area contributed by atoms with Gasteiger partial charge >= 0.3 is 0 Å². The van der Waals surface area contributed by atoms with Crippen LogP contribution in [0.25, 0.3) is 6.08 Å². The minimum Gasteiger partial charge on any atom is -0.333 e. The number of amides is 2. The lowest BCUT2D eigenvalue weighted by atomic mass is 10.2. The van der Waals surface area contributed by atoms with Gasteiger partial charge in [0.25, 0.3) is 0 Å². The van der Waals surface area contributed by atoms with Crippen molar-refractivity contribution < 1.29 is 9.59 Å². The van der Waals surface area contributed by atoms with Crippen LogP contribution < -0.4 is 5.32 Å². The number of aryl methyl sites for hydroxylation is 1. The second kappa shape index (κ2) is 8.45. The van der Waals surface area contributed by atoms with Crippen LogP contribution in [0.3, 0.4) is 0 Å². The van der Waals surface area contributed by atoms with Crippen molar-refractivity contribution >= 4 is 39.5 Å². The van der Waals surface area contributed by atoms with Crippen molar-refractivity contribution in [3.05, 3.63) is 70.2 Å². The van der Waals surface area contributed by atoms with Crippen LogP contribution in [0.1, 0.15) is 11.1 Å². The molecule has 0 saturated heterocycles. The molecule has 2 aromatic carbocycles. The molecule has 2 amide bonds. The molecular formula is C19H19BrN2O2. The van der Waals surface area contributed by atoms with Crippen molar-refractivity contribution in [2.45, 2.75) is 6.92 Å². The van der Waals surface area contributed by atoms with E-state index in [2.05, 4.69) is 21.2 Å². The Kier molecular flexibility index (Phi) is 6.32. The van der Waals surface area contributed by atoms with Gasteiger partial charge in [0.05, 0.1) is 6.54 Å². The molecular weight excluding hydrogens is 368 g/mol. The summed E-state index contributed by atoms with van der Waals surface area (Å²) >= 11 is 3.43. The SMILES string of the molecule is Cc1ccc(NC(=O)CN(C)C(=O)/C=C/c2ccccc2Br)cc1. The predicted octanol–water partition coefficient (Wildman–Crippen LogP) is 3.87. The maximum Gasteiger partial charge on any atom is 0.246 e. The molecule has 0 aromatic heterocycles. The molecule has 0 bridgehead atoms. The molecule has 124 valence electrons. The van der Waals surface area contributed by atoms with Gasteiger partial charge in [0, 0.05) is 23.3 Å². The molecule has 0 spiro atoms. The average Bonchev–Trinajstić information content (AvgIpc) is 2.56. The van der Waals surface area contributed by atoms with Crippen LogP contribution >= 0.6 is 15.9 Å². The molecule has 24 heavy (non-hydrogen) atoms. The summed E-state index contributed by atoms with van der Waals surface area (Å²) in [6, 6.07) is 15.1. The Balaban J connectivity index is 1.90. The summed E-state index contributed by atoms with van der Waals surface area (Å²) in [6.45, 7) is 1.97. The molecule has 0 aliphatic heterocycles. The molecule has 0 aliphatic carbocycles. The Labute approximate surface area is 150 Å². The van der Waals surface area contributed by atoms with Gasteiger partial charge in [-0.15, -0.1) is 0 Å². The number of benzene rings is 2. The van der Waals surface area contributed by atoms with E-state index in [1.54, 1.807) is 13.1 Å². The van der Waals surface area contributed by atoms with Gasteiger partial charge in [-0.2, -0.15) is 0 Å². The highest BCUT2D eigenvalue weighted by atomic mass is 79.9. The Hall–Kier alpha value is -2.40. The van der Waals surface area contributed by atoms with Crippen LogP contribution in [0.5, 0.6) is 0 Å². The topological polar surface area (TPSA) is 49.4 Å².